The molecule has 0 aromatic heterocycles. The van der Waals surface area contributed by atoms with E-state index < -0.39 is 21.7 Å². The van der Waals surface area contributed by atoms with Crippen LogP contribution < -0.4 is 9.46 Å². The minimum Gasteiger partial charge on any atom is -0.482 e. The number of benzene rings is 1. The maximum atomic E-state index is 11.4. The summed E-state index contributed by atoms with van der Waals surface area (Å²) in [6, 6.07) is 7.56. The van der Waals surface area contributed by atoms with Gasteiger partial charge in [0, 0.05) is 6.07 Å². The lowest BCUT2D eigenvalue weighted by Gasteiger charge is -2.08. The van der Waals surface area contributed by atoms with Crippen LogP contribution in [0.4, 0.5) is 5.69 Å². The van der Waals surface area contributed by atoms with Crippen molar-refractivity contribution >= 4 is 21.7 Å². The van der Waals surface area contributed by atoms with Crippen LogP contribution in [0.15, 0.2) is 24.3 Å². The van der Waals surface area contributed by atoms with E-state index in [9.17, 15) is 13.2 Å². The molecule has 0 aliphatic heterocycles. The molecular formula is C11H12N2O5S. The number of hydrogen-bond acceptors (Lipinski definition) is 6. The lowest BCUT2D eigenvalue weighted by molar-refractivity contribution is -0.142. The number of esters is 1. The third kappa shape index (κ3) is 5.27. The summed E-state index contributed by atoms with van der Waals surface area (Å²) in [7, 11) is -2.46. The fourth-order valence-corrected chi connectivity index (χ4v) is 1.88. The number of ether oxygens (including phenoxy) is 2. The molecular weight excluding hydrogens is 272 g/mol. The highest BCUT2D eigenvalue weighted by Crippen LogP contribution is 2.18. The second kappa shape index (κ2) is 6.61. The Morgan fingerprint density at radius 1 is 1.47 bits per heavy atom. The van der Waals surface area contributed by atoms with Gasteiger partial charge in [0.15, 0.2) is 12.4 Å². The molecule has 0 spiro atoms. The van der Waals surface area contributed by atoms with Crippen LogP contribution in [0.3, 0.4) is 0 Å². The molecule has 1 aromatic carbocycles. The van der Waals surface area contributed by atoms with Crippen molar-refractivity contribution in [1.82, 2.24) is 0 Å². The zero-order valence-electron chi connectivity index (χ0n) is 10.1. The molecule has 0 unspecified atom stereocenters. The molecule has 0 atom stereocenters. The molecule has 0 saturated carbocycles. The molecule has 0 aliphatic rings. The standard InChI is InChI=1S/C11H12N2O5S/c1-17-11(14)8-18-10-4-2-3-9(7-10)13-19(15,16)6-5-12/h2-4,7,13H,6,8H2,1H3. The van der Waals surface area contributed by atoms with E-state index in [1.54, 1.807) is 18.2 Å². The van der Waals surface area contributed by atoms with Gasteiger partial charge in [-0.3, -0.25) is 4.72 Å². The van der Waals surface area contributed by atoms with Gasteiger partial charge in [-0.05, 0) is 12.1 Å². The topological polar surface area (TPSA) is 105 Å². The quantitative estimate of drug-likeness (QED) is 0.763. The van der Waals surface area contributed by atoms with Gasteiger partial charge in [-0.25, -0.2) is 13.2 Å². The molecule has 1 N–H and O–H groups in total. The number of methoxy groups -OCH3 is 1. The van der Waals surface area contributed by atoms with E-state index in [1.807, 2.05) is 0 Å². The molecule has 8 heteroatoms. The number of sulfonamides is 1. The van der Waals surface area contributed by atoms with Gasteiger partial charge in [-0.2, -0.15) is 5.26 Å². The van der Waals surface area contributed by atoms with E-state index in [0.717, 1.165) is 0 Å². The Bertz CT molecular complexity index is 591. The maximum Gasteiger partial charge on any atom is 0.343 e. The third-order valence-electron chi connectivity index (χ3n) is 1.95. The molecule has 0 heterocycles. The number of nitrogens with one attached hydrogen (secondary N) is 1. The molecule has 0 radical (unpaired) electrons. The van der Waals surface area contributed by atoms with Crippen molar-refractivity contribution in [2.24, 2.45) is 0 Å². The number of carbonyl (C=O) groups is 1. The smallest absolute Gasteiger partial charge is 0.343 e. The van der Waals surface area contributed by atoms with Gasteiger partial charge in [-0.15, -0.1) is 0 Å². The van der Waals surface area contributed by atoms with Gasteiger partial charge < -0.3 is 9.47 Å². The first-order chi connectivity index (χ1) is 8.96. The van der Waals surface area contributed by atoms with Crippen LogP contribution >= 0.6 is 0 Å². The van der Waals surface area contributed by atoms with E-state index in [-0.39, 0.29) is 12.3 Å². The van der Waals surface area contributed by atoms with Crippen molar-refractivity contribution in [2.45, 2.75) is 0 Å². The van der Waals surface area contributed by atoms with Gasteiger partial charge in [0.2, 0.25) is 10.0 Å². The summed E-state index contributed by atoms with van der Waals surface area (Å²) in [5.74, 6) is -0.877. The lowest BCUT2D eigenvalue weighted by atomic mass is 10.3. The van der Waals surface area contributed by atoms with Gasteiger partial charge in [-0.1, -0.05) is 6.07 Å². The Kier molecular flexibility index (Phi) is 5.14. The van der Waals surface area contributed by atoms with Crippen LogP contribution in [0.1, 0.15) is 0 Å². The van der Waals surface area contributed by atoms with Gasteiger partial charge in [0.25, 0.3) is 0 Å². The van der Waals surface area contributed by atoms with Crippen molar-refractivity contribution in [3.63, 3.8) is 0 Å². The van der Waals surface area contributed by atoms with Gasteiger partial charge in [0.1, 0.15) is 5.75 Å². The fraction of sp³-hybridized carbons (Fsp3) is 0.273. The lowest BCUT2D eigenvalue weighted by Crippen LogP contribution is -2.16. The first-order valence-corrected chi connectivity index (χ1v) is 6.79. The van der Waals surface area contributed by atoms with Crippen molar-refractivity contribution in [3.8, 4) is 11.8 Å². The van der Waals surface area contributed by atoms with E-state index >= 15 is 0 Å². The average molecular weight is 284 g/mol. The number of carbonyl (C=O) groups excluding carboxylic acids is 1. The first-order valence-electron chi connectivity index (χ1n) is 5.14. The highest BCUT2D eigenvalue weighted by atomic mass is 32.2. The minimum absolute atomic E-state index is 0.248. The SMILES string of the molecule is COC(=O)COc1cccc(NS(=O)(=O)CC#N)c1. The van der Waals surface area contributed by atoms with E-state index in [1.165, 1.54) is 19.2 Å². The summed E-state index contributed by atoms with van der Waals surface area (Å²) in [6.07, 6.45) is 0. The highest BCUT2D eigenvalue weighted by molar-refractivity contribution is 7.92. The first kappa shape index (κ1) is 14.8. The zero-order valence-corrected chi connectivity index (χ0v) is 10.9. The van der Waals surface area contributed by atoms with Crippen LogP contribution in [-0.2, 0) is 19.6 Å². The van der Waals surface area contributed by atoms with Crippen LogP contribution in [0.2, 0.25) is 0 Å². The summed E-state index contributed by atoms with van der Waals surface area (Å²) in [5, 5.41) is 8.36. The highest BCUT2D eigenvalue weighted by Gasteiger charge is 2.10. The summed E-state index contributed by atoms with van der Waals surface area (Å²) >= 11 is 0. The Balaban J connectivity index is 2.73. The summed E-state index contributed by atoms with van der Waals surface area (Å²) in [4.78, 5) is 10.9. The molecule has 1 rings (SSSR count). The van der Waals surface area contributed by atoms with Crippen LogP contribution in [0.5, 0.6) is 5.75 Å². The molecule has 1 aromatic rings. The van der Waals surface area contributed by atoms with Gasteiger partial charge in [0.05, 0.1) is 18.9 Å². The number of anilines is 1. The zero-order chi connectivity index (χ0) is 14.3. The number of hydrogen-bond donors (Lipinski definition) is 1. The van der Waals surface area contributed by atoms with Crippen LogP contribution in [0.25, 0.3) is 0 Å². The second-order valence-electron chi connectivity index (χ2n) is 3.41. The predicted molar refractivity (Wildman–Crippen MR) is 67.0 cm³/mol. The van der Waals surface area contributed by atoms with Crippen LogP contribution in [0, 0.1) is 11.3 Å². The summed E-state index contributed by atoms with van der Waals surface area (Å²) in [6.45, 7) is -0.273. The Labute approximate surface area is 110 Å². The molecule has 19 heavy (non-hydrogen) atoms. The molecule has 0 amide bonds. The fourth-order valence-electron chi connectivity index (χ4n) is 1.15. The summed E-state index contributed by atoms with van der Waals surface area (Å²) in [5.41, 5.74) is 0.248. The Morgan fingerprint density at radius 2 is 2.21 bits per heavy atom. The van der Waals surface area contributed by atoms with Gasteiger partial charge >= 0.3 is 5.97 Å². The number of nitriles is 1. The monoisotopic (exact) mass is 284 g/mol. The van der Waals surface area contributed by atoms with E-state index in [0.29, 0.717) is 5.75 Å². The minimum atomic E-state index is -3.70. The van der Waals surface area contributed by atoms with E-state index in [2.05, 4.69) is 9.46 Å². The van der Waals surface area contributed by atoms with Crippen molar-refractivity contribution < 1.29 is 22.7 Å². The normalized spacial score (nSPS) is 10.3. The molecule has 0 saturated heterocycles. The third-order valence-corrected chi connectivity index (χ3v) is 3.00. The number of nitrogens with zero attached hydrogens (tertiary/aromatic N) is 1. The van der Waals surface area contributed by atoms with Crippen molar-refractivity contribution in [1.29, 1.82) is 5.26 Å². The molecule has 0 aliphatic carbocycles. The Morgan fingerprint density at radius 3 is 2.84 bits per heavy atom. The van der Waals surface area contributed by atoms with Crippen molar-refractivity contribution in [3.05, 3.63) is 24.3 Å². The maximum absolute atomic E-state index is 11.4. The largest absolute Gasteiger partial charge is 0.482 e. The number of rotatable bonds is 6. The molecule has 7 nitrogen and oxygen atoms in total. The molecule has 0 bridgehead atoms. The second-order valence-corrected chi connectivity index (χ2v) is 5.13. The van der Waals surface area contributed by atoms with Crippen LogP contribution in [-0.4, -0.2) is 33.9 Å². The average Bonchev–Trinajstić information content (AvgIpc) is 2.35. The Hall–Kier alpha value is -2.27. The molecule has 102 valence electrons. The van der Waals surface area contributed by atoms with E-state index in [4.69, 9.17) is 10.00 Å². The predicted octanol–water partition coefficient (Wildman–Crippen LogP) is 0.504. The summed E-state index contributed by atoms with van der Waals surface area (Å²) < 4.78 is 34.5. The van der Waals surface area contributed by atoms with Crippen molar-refractivity contribution in [2.75, 3.05) is 24.2 Å². The molecule has 0 fully saturated rings.